The molecular weight excluding hydrogens is 127 g/mol. The Kier molecular flexibility index (Phi) is 4.21. The van der Waals surface area contributed by atoms with E-state index >= 15 is 0 Å². The predicted molar refractivity (Wildman–Crippen MR) is 32.3 cm³/mol. The molecule has 0 aliphatic carbocycles. The first-order valence-electron chi connectivity index (χ1n) is 1.85. The summed E-state index contributed by atoms with van der Waals surface area (Å²) in [7, 11) is -0.0856. The standard InChI is InChI=1S/C3H7N2O2P/c4-1-2-8-3(6)7-5/h1-2,8H,4-5H2/b2-1+. The number of carbonyl (C=O) groups is 1. The van der Waals surface area contributed by atoms with Gasteiger partial charge in [-0.15, -0.1) is 0 Å². The maximum atomic E-state index is 10.1. The molecule has 5 heteroatoms. The van der Waals surface area contributed by atoms with Gasteiger partial charge < -0.3 is 10.6 Å². The van der Waals surface area contributed by atoms with E-state index in [0.29, 0.717) is 0 Å². The summed E-state index contributed by atoms with van der Waals surface area (Å²) in [4.78, 5) is 13.9. The fourth-order valence-corrected chi connectivity index (χ4v) is 0.451. The summed E-state index contributed by atoms with van der Waals surface area (Å²) in [6, 6.07) is 0. The van der Waals surface area contributed by atoms with Crippen LogP contribution in [-0.2, 0) is 4.84 Å². The normalized spacial score (nSPS) is 11.1. The van der Waals surface area contributed by atoms with E-state index in [1.165, 1.54) is 12.0 Å². The van der Waals surface area contributed by atoms with Gasteiger partial charge in [0.25, 0.3) is 0 Å². The molecule has 0 bridgehead atoms. The van der Waals surface area contributed by atoms with Gasteiger partial charge in [-0.2, -0.15) is 5.90 Å². The molecule has 0 rings (SSSR count). The lowest BCUT2D eigenvalue weighted by Crippen LogP contribution is -2.00. The molecule has 0 saturated carbocycles. The molecule has 0 aliphatic heterocycles. The Morgan fingerprint density at radius 3 is 2.75 bits per heavy atom. The van der Waals surface area contributed by atoms with Crippen LogP contribution in [0.3, 0.4) is 0 Å². The first-order chi connectivity index (χ1) is 3.81. The maximum absolute atomic E-state index is 10.1. The topological polar surface area (TPSA) is 78.3 Å². The smallest absolute Gasteiger partial charge is 0.345 e. The SMILES string of the molecule is N/C=C/PC(=O)ON. The molecule has 0 fully saturated rings. The molecule has 0 aromatic heterocycles. The third-order valence-electron chi connectivity index (χ3n) is 0.404. The van der Waals surface area contributed by atoms with Crippen molar-refractivity contribution in [2.75, 3.05) is 0 Å². The Balaban J connectivity index is 3.25. The van der Waals surface area contributed by atoms with Crippen LogP contribution in [-0.4, -0.2) is 5.71 Å². The first-order valence-corrected chi connectivity index (χ1v) is 2.93. The average molecular weight is 134 g/mol. The van der Waals surface area contributed by atoms with Gasteiger partial charge in [-0.1, -0.05) is 0 Å². The van der Waals surface area contributed by atoms with Crippen molar-refractivity contribution in [3.8, 4) is 0 Å². The van der Waals surface area contributed by atoms with Crippen molar-refractivity contribution < 1.29 is 9.63 Å². The molecule has 0 amide bonds. The summed E-state index contributed by atoms with van der Waals surface area (Å²) in [6.07, 6.45) is 1.27. The molecule has 1 unspecified atom stereocenters. The minimum atomic E-state index is -0.466. The van der Waals surface area contributed by atoms with Gasteiger partial charge in [0, 0.05) is 8.58 Å². The van der Waals surface area contributed by atoms with Gasteiger partial charge in [0.15, 0.2) is 0 Å². The monoisotopic (exact) mass is 134 g/mol. The molecule has 0 spiro atoms. The van der Waals surface area contributed by atoms with E-state index in [0.717, 1.165) is 0 Å². The minimum absolute atomic E-state index is 0.0856. The molecule has 4 N–H and O–H groups in total. The van der Waals surface area contributed by atoms with E-state index in [-0.39, 0.29) is 8.58 Å². The van der Waals surface area contributed by atoms with Crippen LogP contribution in [0.2, 0.25) is 0 Å². The van der Waals surface area contributed by atoms with Gasteiger partial charge in [-0.25, -0.2) is 4.79 Å². The summed E-state index contributed by atoms with van der Waals surface area (Å²) in [5.41, 5.74) is 4.44. The van der Waals surface area contributed by atoms with Crippen molar-refractivity contribution in [2.24, 2.45) is 11.6 Å². The molecular formula is C3H7N2O2P. The van der Waals surface area contributed by atoms with E-state index in [1.807, 2.05) is 0 Å². The second kappa shape index (κ2) is 4.56. The highest BCUT2D eigenvalue weighted by Crippen LogP contribution is 2.12. The third kappa shape index (κ3) is 3.59. The number of hydrogen-bond donors (Lipinski definition) is 2. The molecule has 8 heavy (non-hydrogen) atoms. The number of rotatable bonds is 2. The lowest BCUT2D eigenvalue weighted by molar-refractivity contribution is 0.177. The van der Waals surface area contributed by atoms with E-state index in [4.69, 9.17) is 5.73 Å². The largest absolute Gasteiger partial charge is 0.405 e. The number of hydrogen-bond acceptors (Lipinski definition) is 4. The molecule has 0 saturated heterocycles. The van der Waals surface area contributed by atoms with Crippen LogP contribution < -0.4 is 11.6 Å². The molecule has 0 aromatic rings. The Morgan fingerprint density at radius 1 is 1.75 bits per heavy atom. The van der Waals surface area contributed by atoms with Gasteiger partial charge >= 0.3 is 5.71 Å². The Morgan fingerprint density at radius 2 is 2.38 bits per heavy atom. The van der Waals surface area contributed by atoms with Crippen molar-refractivity contribution in [3.63, 3.8) is 0 Å². The van der Waals surface area contributed by atoms with Crippen molar-refractivity contribution in [1.82, 2.24) is 0 Å². The summed E-state index contributed by atoms with van der Waals surface area (Å²) in [5.74, 6) is 5.98. The molecule has 0 aliphatic rings. The molecule has 0 radical (unpaired) electrons. The van der Waals surface area contributed by atoms with E-state index in [1.54, 1.807) is 0 Å². The van der Waals surface area contributed by atoms with Gasteiger partial charge in [0.2, 0.25) is 0 Å². The molecule has 0 aromatic carbocycles. The summed E-state index contributed by atoms with van der Waals surface area (Å²) >= 11 is 0. The van der Waals surface area contributed by atoms with Crippen LogP contribution in [0.25, 0.3) is 0 Å². The average Bonchev–Trinajstić information content (AvgIpc) is 1.83. The lowest BCUT2D eigenvalue weighted by Gasteiger charge is -1.88. The van der Waals surface area contributed by atoms with Crippen LogP contribution in [0.5, 0.6) is 0 Å². The van der Waals surface area contributed by atoms with Crippen LogP contribution in [0, 0.1) is 0 Å². The van der Waals surface area contributed by atoms with Crippen molar-refractivity contribution >= 4 is 14.3 Å². The van der Waals surface area contributed by atoms with E-state index in [9.17, 15) is 4.79 Å². The second-order valence-corrected chi connectivity index (χ2v) is 1.94. The fraction of sp³-hybridized carbons (Fsp3) is 0. The van der Waals surface area contributed by atoms with Gasteiger partial charge in [-0.3, -0.25) is 0 Å². The molecule has 1 atom stereocenters. The molecule has 0 heterocycles. The summed E-state index contributed by atoms with van der Waals surface area (Å²) in [5, 5.41) is 0. The Bertz CT molecular complexity index is 103. The van der Waals surface area contributed by atoms with Crippen LogP contribution in [0.15, 0.2) is 12.0 Å². The summed E-state index contributed by atoms with van der Waals surface area (Å²) in [6.45, 7) is 0. The Labute approximate surface area is 48.6 Å². The van der Waals surface area contributed by atoms with E-state index in [2.05, 4.69) is 10.7 Å². The van der Waals surface area contributed by atoms with Gasteiger partial charge in [0.05, 0.1) is 0 Å². The second-order valence-electron chi connectivity index (χ2n) is 0.909. The van der Waals surface area contributed by atoms with Gasteiger partial charge in [0.1, 0.15) is 0 Å². The van der Waals surface area contributed by atoms with Crippen LogP contribution >= 0.6 is 8.58 Å². The minimum Gasteiger partial charge on any atom is -0.405 e. The van der Waals surface area contributed by atoms with E-state index < -0.39 is 5.71 Å². The summed E-state index contributed by atoms with van der Waals surface area (Å²) < 4.78 is 0. The molecule has 46 valence electrons. The zero-order valence-corrected chi connectivity index (χ0v) is 5.13. The van der Waals surface area contributed by atoms with Crippen molar-refractivity contribution in [3.05, 3.63) is 12.0 Å². The lowest BCUT2D eigenvalue weighted by atomic mass is 11.1. The Hall–Kier alpha value is -0.600. The fourth-order valence-electron chi connectivity index (χ4n) is 0.150. The predicted octanol–water partition coefficient (Wildman–Crippen LogP) is 0.105. The first kappa shape index (κ1) is 7.40. The zero-order chi connectivity index (χ0) is 6.41. The quantitative estimate of drug-likeness (QED) is 0.414. The van der Waals surface area contributed by atoms with Gasteiger partial charge in [-0.05, 0) is 12.0 Å². The highest BCUT2D eigenvalue weighted by Gasteiger charge is 1.92. The highest BCUT2D eigenvalue weighted by molar-refractivity contribution is 7.60. The molecule has 4 nitrogen and oxygen atoms in total. The third-order valence-corrected chi connectivity index (χ3v) is 1.12. The van der Waals surface area contributed by atoms with Crippen molar-refractivity contribution in [2.45, 2.75) is 0 Å². The van der Waals surface area contributed by atoms with Crippen molar-refractivity contribution in [1.29, 1.82) is 0 Å². The zero-order valence-electron chi connectivity index (χ0n) is 4.13. The number of nitrogens with two attached hydrogens (primary N) is 2. The van der Waals surface area contributed by atoms with Crippen LogP contribution in [0.4, 0.5) is 4.79 Å². The number of carbonyl (C=O) groups excluding carboxylic acids is 1. The maximum Gasteiger partial charge on any atom is 0.345 e. The highest BCUT2D eigenvalue weighted by atomic mass is 31.1. The van der Waals surface area contributed by atoms with Crippen LogP contribution in [0.1, 0.15) is 0 Å².